The van der Waals surface area contributed by atoms with E-state index in [4.69, 9.17) is 0 Å². The van der Waals surface area contributed by atoms with Crippen LogP contribution >= 0.6 is 0 Å². The maximum atomic E-state index is 13.2. The first-order chi connectivity index (χ1) is 13.3. The molecule has 0 bridgehead atoms. The Hall–Kier alpha value is -2.45. The predicted molar refractivity (Wildman–Crippen MR) is 103 cm³/mol. The molecule has 2 aromatic carbocycles. The molecule has 28 heavy (non-hydrogen) atoms. The fourth-order valence-electron chi connectivity index (χ4n) is 3.25. The number of carbonyl (C=O) groups is 1. The largest absolute Gasteiger partial charge is 0.507 e. The minimum absolute atomic E-state index is 0.0836. The lowest BCUT2D eigenvalue weighted by molar-refractivity contribution is -0.132. The van der Waals surface area contributed by atoms with Gasteiger partial charge in [-0.25, -0.2) is 12.8 Å². The zero-order chi connectivity index (χ0) is 20.3. The van der Waals surface area contributed by atoms with Crippen LogP contribution in [0.5, 0.6) is 5.75 Å². The third kappa shape index (κ3) is 4.51. The van der Waals surface area contributed by atoms with Gasteiger partial charge in [0.25, 0.3) is 0 Å². The second-order valence-electron chi connectivity index (χ2n) is 6.89. The van der Waals surface area contributed by atoms with Crippen LogP contribution in [0.2, 0.25) is 0 Å². The molecular weight excluding hydrogens is 383 g/mol. The number of amides is 1. The molecule has 1 N–H and O–H groups in total. The summed E-state index contributed by atoms with van der Waals surface area (Å²) in [6.07, 6.45) is 0.682. The van der Waals surface area contributed by atoms with Crippen LogP contribution in [0.15, 0.2) is 47.4 Å². The highest BCUT2D eigenvalue weighted by Gasteiger charge is 2.31. The molecule has 150 valence electrons. The van der Waals surface area contributed by atoms with Crippen LogP contribution in [-0.4, -0.2) is 54.8 Å². The zero-order valence-corrected chi connectivity index (χ0v) is 16.5. The van der Waals surface area contributed by atoms with Crippen LogP contribution in [0.25, 0.3) is 0 Å². The Morgan fingerprint density at radius 1 is 1.11 bits per heavy atom. The predicted octanol–water partition coefficient (Wildman–Crippen LogP) is 2.31. The van der Waals surface area contributed by atoms with E-state index in [-0.39, 0.29) is 55.0 Å². The maximum Gasteiger partial charge on any atom is 0.246 e. The van der Waals surface area contributed by atoms with Crippen molar-refractivity contribution in [3.8, 4) is 5.75 Å². The average Bonchev–Trinajstić information content (AvgIpc) is 2.68. The summed E-state index contributed by atoms with van der Waals surface area (Å²) in [5.41, 5.74) is 1.49. The number of nitrogens with zero attached hydrogens (tertiary/aromatic N) is 2. The van der Waals surface area contributed by atoms with Gasteiger partial charge < -0.3 is 10.0 Å². The monoisotopic (exact) mass is 406 g/mol. The standard InChI is InChI=1S/C20H23FN2O4S/c1-15-5-7-18(24)19(13-15)28(26,27)23-11-9-22(10-12-23)20(25)8-6-16-3-2-4-17(21)14-16/h2-5,7,13-14,24H,6,8-12H2,1H3. The quantitative estimate of drug-likeness (QED) is 0.827. The Morgan fingerprint density at radius 2 is 1.82 bits per heavy atom. The van der Waals surface area contributed by atoms with Crippen LogP contribution in [-0.2, 0) is 21.2 Å². The Morgan fingerprint density at radius 3 is 2.50 bits per heavy atom. The van der Waals surface area contributed by atoms with Gasteiger partial charge in [-0.2, -0.15) is 4.31 Å². The summed E-state index contributed by atoms with van der Waals surface area (Å²) in [4.78, 5) is 13.9. The van der Waals surface area contributed by atoms with Crippen molar-refractivity contribution in [2.75, 3.05) is 26.2 Å². The molecule has 0 saturated carbocycles. The number of rotatable bonds is 5. The first-order valence-electron chi connectivity index (χ1n) is 9.09. The average molecular weight is 406 g/mol. The number of benzene rings is 2. The van der Waals surface area contributed by atoms with E-state index in [0.717, 1.165) is 11.1 Å². The lowest BCUT2D eigenvalue weighted by Crippen LogP contribution is -2.50. The van der Waals surface area contributed by atoms with E-state index in [0.29, 0.717) is 6.42 Å². The molecule has 1 aliphatic heterocycles. The second kappa shape index (κ2) is 8.28. The van der Waals surface area contributed by atoms with Gasteiger partial charge in [-0.15, -0.1) is 0 Å². The first-order valence-corrected chi connectivity index (χ1v) is 10.5. The molecule has 1 fully saturated rings. The van der Waals surface area contributed by atoms with Crippen LogP contribution in [0.3, 0.4) is 0 Å². The van der Waals surface area contributed by atoms with Gasteiger partial charge in [-0.1, -0.05) is 18.2 Å². The van der Waals surface area contributed by atoms with Crippen molar-refractivity contribution in [2.24, 2.45) is 0 Å². The summed E-state index contributed by atoms with van der Waals surface area (Å²) in [6, 6.07) is 10.6. The van der Waals surface area contributed by atoms with Crippen LogP contribution < -0.4 is 0 Å². The van der Waals surface area contributed by atoms with Gasteiger partial charge in [-0.3, -0.25) is 4.79 Å². The van der Waals surface area contributed by atoms with Crippen molar-refractivity contribution in [1.82, 2.24) is 9.21 Å². The third-order valence-electron chi connectivity index (χ3n) is 4.84. The van der Waals surface area contributed by atoms with Crippen LogP contribution in [0.4, 0.5) is 4.39 Å². The number of piperazine rings is 1. The molecule has 1 saturated heterocycles. The number of carbonyl (C=O) groups excluding carboxylic acids is 1. The van der Waals surface area contributed by atoms with E-state index in [1.54, 1.807) is 30.0 Å². The molecule has 6 nitrogen and oxygen atoms in total. The van der Waals surface area contributed by atoms with E-state index in [1.165, 1.54) is 28.6 Å². The van der Waals surface area contributed by atoms with Gasteiger partial charge in [0, 0.05) is 32.6 Å². The van der Waals surface area contributed by atoms with Crippen LogP contribution in [0, 0.1) is 12.7 Å². The van der Waals surface area contributed by atoms with Crippen LogP contribution in [0.1, 0.15) is 17.5 Å². The minimum atomic E-state index is -3.82. The summed E-state index contributed by atoms with van der Waals surface area (Å²) in [5, 5.41) is 9.94. The van der Waals surface area contributed by atoms with Crippen molar-refractivity contribution in [1.29, 1.82) is 0 Å². The molecule has 3 rings (SSSR count). The zero-order valence-electron chi connectivity index (χ0n) is 15.6. The fraction of sp³-hybridized carbons (Fsp3) is 0.350. The number of hydrogen-bond donors (Lipinski definition) is 1. The molecule has 2 aromatic rings. The number of sulfonamides is 1. The molecule has 0 aromatic heterocycles. The van der Waals surface area contributed by atoms with Crippen molar-refractivity contribution in [2.45, 2.75) is 24.7 Å². The second-order valence-corrected chi connectivity index (χ2v) is 8.79. The normalized spacial score (nSPS) is 15.6. The highest BCUT2D eigenvalue weighted by atomic mass is 32.2. The van der Waals surface area contributed by atoms with Crippen molar-refractivity contribution >= 4 is 15.9 Å². The summed E-state index contributed by atoms with van der Waals surface area (Å²) in [6.45, 7) is 2.66. The number of aryl methyl sites for hydroxylation is 2. The summed E-state index contributed by atoms with van der Waals surface area (Å²) in [5.74, 6) is -0.693. The fourth-order valence-corrected chi connectivity index (χ4v) is 4.84. The number of aromatic hydroxyl groups is 1. The topological polar surface area (TPSA) is 77.9 Å². The maximum absolute atomic E-state index is 13.2. The Labute approximate surface area is 164 Å². The molecule has 0 unspecified atom stereocenters. The molecule has 0 aliphatic carbocycles. The summed E-state index contributed by atoms with van der Waals surface area (Å²) >= 11 is 0. The van der Waals surface area contributed by atoms with E-state index in [2.05, 4.69) is 0 Å². The van der Waals surface area contributed by atoms with Crippen molar-refractivity contribution < 1.29 is 22.7 Å². The number of phenols is 1. The van der Waals surface area contributed by atoms with Gasteiger partial charge in [0.05, 0.1) is 0 Å². The number of hydrogen-bond acceptors (Lipinski definition) is 4. The molecule has 0 radical (unpaired) electrons. The van der Waals surface area contributed by atoms with E-state index in [1.807, 2.05) is 0 Å². The number of halogens is 1. The summed E-state index contributed by atoms with van der Waals surface area (Å²) in [7, 11) is -3.82. The van der Waals surface area contributed by atoms with Gasteiger partial charge in [0.1, 0.15) is 16.5 Å². The van der Waals surface area contributed by atoms with Gasteiger partial charge in [0.15, 0.2) is 0 Å². The molecule has 0 spiro atoms. The van der Waals surface area contributed by atoms with Gasteiger partial charge in [0.2, 0.25) is 15.9 Å². The first kappa shape index (κ1) is 20.3. The van der Waals surface area contributed by atoms with Gasteiger partial charge in [-0.05, 0) is 48.7 Å². The SMILES string of the molecule is Cc1ccc(O)c(S(=O)(=O)N2CCN(C(=O)CCc3cccc(F)c3)CC2)c1. The molecule has 1 amide bonds. The lowest BCUT2D eigenvalue weighted by atomic mass is 10.1. The van der Waals surface area contributed by atoms with E-state index >= 15 is 0 Å². The Kier molecular flexibility index (Phi) is 6.00. The number of phenolic OH excluding ortho intramolecular Hbond substituents is 1. The summed E-state index contributed by atoms with van der Waals surface area (Å²) < 4.78 is 40.1. The third-order valence-corrected chi connectivity index (χ3v) is 6.77. The highest BCUT2D eigenvalue weighted by molar-refractivity contribution is 7.89. The Balaban J connectivity index is 1.59. The Bertz CT molecular complexity index is 970. The van der Waals surface area contributed by atoms with Gasteiger partial charge >= 0.3 is 0 Å². The molecule has 0 atom stereocenters. The smallest absolute Gasteiger partial charge is 0.246 e. The lowest BCUT2D eigenvalue weighted by Gasteiger charge is -2.34. The molecular formula is C20H23FN2O4S. The minimum Gasteiger partial charge on any atom is -0.507 e. The van der Waals surface area contributed by atoms with Crippen molar-refractivity contribution in [3.63, 3.8) is 0 Å². The highest BCUT2D eigenvalue weighted by Crippen LogP contribution is 2.27. The van der Waals surface area contributed by atoms with E-state index in [9.17, 15) is 22.7 Å². The molecule has 1 heterocycles. The molecule has 8 heteroatoms. The van der Waals surface area contributed by atoms with Crippen molar-refractivity contribution in [3.05, 3.63) is 59.4 Å². The molecule has 1 aliphatic rings. The van der Waals surface area contributed by atoms with E-state index < -0.39 is 10.0 Å².